The molecule has 2 aromatic heterocycles. The van der Waals surface area contributed by atoms with E-state index in [2.05, 4.69) is 15.5 Å². The Morgan fingerprint density at radius 2 is 2.21 bits per heavy atom. The summed E-state index contributed by atoms with van der Waals surface area (Å²) >= 11 is 0. The summed E-state index contributed by atoms with van der Waals surface area (Å²) in [5.74, 6) is 0.513. The molecule has 0 spiro atoms. The van der Waals surface area contributed by atoms with Gasteiger partial charge in [0.15, 0.2) is 11.5 Å². The summed E-state index contributed by atoms with van der Waals surface area (Å²) in [7, 11) is 0. The van der Waals surface area contributed by atoms with Crippen LogP contribution < -0.4 is 11.1 Å². The van der Waals surface area contributed by atoms with Gasteiger partial charge in [0.2, 0.25) is 0 Å². The average Bonchev–Trinajstić information content (AvgIpc) is 2.95. The topological polar surface area (TPSA) is 94.0 Å². The summed E-state index contributed by atoms with van der Waals surface area (Å²) in [6.45, 7) is 3.01. The lowest BCUT2D eigenvalue weighted by atomic mass is 10.2. The molecular formula is C13H16N4O2. The van der Waals surface area contributed by atoms with Crippen LogP contribution >= 0.6 is 0 Å². The highest BCUT2D eigenvalue weighted by Gasteiger charge is 2.13. The summed E-state index contributed by atoms with van der Waals surface area (Å²) in [5, 5.41) is 6.52. The number of rotatable bonds is 5. The highest BCUT2D eigenvalue weighted by molar-refractivity contribution is 5.93. The van der Waals surface area contributed by atoms with Crippen LogP contribution in [-0.2, 0) is 0 Å². The van der Waals surface area contributed by atoms with E-state index in [0.29, 0.717) is 18.8 Å². The zero-order chi connectivity index (χ0) is 13.7. The van der Waals surface area contributed by atoms with Crippen molar-refractivity contribution in [3.63, 3.8) is 0 Å². The van der Waals surface area contributed by atoms with Gasteiger partial charge in [-0.3, -0.25) is 9.78 Å². The second kappa shape index (κ2) is 6.10. The third-order valence-electron chi connectivity index (χ3n) is 2.72. The quantitative estimate of drug-likeness (QED) is 0.838. The summed E-state index contributed by atoms with van der Waals surface area (Å²) in [4.78, 5) is 15.7. The summed E-state index contributed by atoms with van der Waals surface area (Å²) < 4.78 is 5.14. The molecular weight excluding hydrogens is 244 g/mol. The molecule has 0 aromatic carbocycles. The Balaban J connectivity index is 2.03. The Bertz CT molecular complexity index is 539. The number of nitrogens with one attached hydrogen (secondary N) is 1. The van der Waals surface area contributed by atoms with Gasteiger partial charge in [0.05, 0.1) is 0 Å². The monoisotopic (exact) mass is 260 g/mol. The van der Waals surface area contributed by atoms with Gasteiger partial charge in [0.25, 0.3) is 5.91 Å². The zero-order valence-corrected chi connectivity index (χ0v) is 10.7. The molecule has 0 saturated carbocycles. The van der Waals surface area contributed by atoms with Crippen LogP contribution in [-0.4, -0.2) is 29.1 Å². The van der Waals surface area contributed by atoms with Crippen LogP contribution in [0.3, 0.4) is 0 Å². The average molecular weight is 260 g/mol. The van der Waals surface area contributed by atoms with Crippen LogP contribution in [0, 0.1) is 5.92 Å². The fraction of sp³-hybridized carbons (Fsp3) is 0.308. The van der Waals surface area contributed by atoms with Gasteiger partial charge >= 0.3 is 0 Å². The SMILES string of the molecule is CC(CN)CNC(=O)c1cc(-c2ccncc2)on1. The first-order valence-corrected chi connectivity index (χ1v) is 6.06. The molecule has 0 radical (unpaired) electrons. The van der Waals surface area contributed by atoms with Crippen LogP contribution in [0.4, 0.5) is 0 Å². The fourth-order valence-electron chi connectivity index (χ4n) is 1.48. The Labute approximate surface area is 111 Å². The third-order valence-corrected chi connectivity index (χ3v) is 2.72. The number of amides is 1. The minimum absolute atomic E-state index is 0.232. The molecule has 1 amide bonds. The maximum atomic E-state index is 11.8. The maximum Gasteiger partial charge on any atom is 0.273 e. The van der Waals surface area contributed by atoms with Crippen molar-refractivity contribution in [3.05, 3.63) is 36.3 Å². The smallest absolute Gasteiger partial charge is 0.273 e. The van der Waals surface area contributed by atoms with E-state index in [4.69, 9.17) is 10.3 Å². The van der Waals surface area contributed by atoms with E-state index in [1.54, 1.807) is 30.6 Å². The number of hydrogen-bond donors (Lipinski definition) is 2. The van der Waals surface area contributed by atoms with Crippen molar-refractivity contribution in [1.82, 2.24) is 15.5 Å². The molecule has 1 unspecified atom stereocenters. The van der Waals surface area contributed by atoms with Gasteiger partial charge in [-0.2, -0.15) is 0 Å². The van der Waals surface area contributed by atoms with Crippen molar-refractivity contribution in [2.45, 2.75) is 6.92 Å². The van der Waals surface area contributed by atoms with Gasteiger partial charge in [0.1, 0.15) is 0 Å². The van der Waals surface area contributed by atoms with E-state index in [-0.39, 0.29) is 17.5 Å². The number of carbonyl (C=O) groups is 1. The Morgan fingerprint density at radius 3 is 2.89 bits per heavy atom. The zero-order valence-electron chi connectivity index (χ0n) is 10.7. The lowest BCUT2D eigenvalue weighted by molar-refractivity contribution is 0.0939. The molecule has 0 aliphatic heterocycles. The van der Waals surface area contributed by atoms with Crippen molar-refractivity contribution < 1.29 is 9.32 Å². The summed E-state index contributed by atoms with van der Waals surface area (Å²) in [6.07, 6.45) is 3.31. The first kappa shape index (κ1) is 13.2. The Hall–Kier alpha value is -2.21. The number of carbonyl (C=O) groups excluding carboxylic acids is 1. The van der Waals surface area contributed by atoms with Crippen molar-refractivity contribution in [2.75, 3.05) is 13.1 Å². The van der Waals surface area contributed by atoms with Crippen LogP contribution in [0.15, 0.2) is 35.1 Å². The molecule has 2 aromatic rings. The molecule has 2 heterocycles. The largest absolute Gasteiger partial charge is 0.355 e. The minimum Gasteiger partial charge on any atom is -0.355 e. The second-order valence-electron chi connectivity index (χ2n) is 4.36. The molecule has 6 heteroatoms. The molecule has 19 heavy (non-hydrogen) atoms. The lowest BCUT2D eigenvalue weighted by Gasteiger charge is -2.08. The Morgan fingerprint density at radius 1 is 1.47 bits per heavy atom. The molecule has 0 aliphatic rings. The van der Waals surface area contributed by atoms with Crippen molar-refractivity contribution in [3.8, 4) is 11.3 Å². The molecule has 0 saturated heterocycles. The molecule has 0 aliphatic carbocycles. The van der Waals surface area contributed by atoms with E-state index in [9.17, 15) is 4.79 Å². The number of pyridine rings is 1. The molecule has 3 N–H and O–H groups in total. The predicted molar refractivity (Wildman–Crippen MR) is 70.3 cm³/mol. The van der Waals surface area contributed by atoms with E-state index in [0.717, 1.165) is 5.56 Å². The molecule has 6 nitrogen and oxygen atoms in total. The molecule has 100 valence electrons. The maximum absolute atomic E-state index is 11.8. The van der Waals surface area contributed by atoms with E-state index >= 15 is 0 Å². The molecule has 0 bridgehead atoms. The fourth-order valence-corrected chi connectivity index (χ4v) is 1.48. The predicted octanol–water partition coefficient (Wildman–Crippen LogP) is 1.06. The van der Waals surface area contributed by atoms with Gasteiger partial charge in [0, 0.05) is 30.6 Å². The molecule has 0 fully saturated rings. The Kier molecular flexibility index (Phi) is 4.25. The number of hydrogen-bond acceptors (Lipinski definition) is 5. The van der Waals surface area contributed by atoms with Crippen LogP contribution in [0.5, 0.6) is 0 Å². The van der Waals surface area contributed by atoms with Crippen LogP contribution in [0.1, 0.15) is 17.4 Å². The molecule has 1 atom stereocenters. The highest BCUT2D eigenvalue weighted by atomic mass is 16.5. The standard InChI is InChI=1S/C13H16N4O2/c1-9(7-14)8-16-13(18)11-6-12(19-17-11)10-2-4-15-5-3-10/h2-6,9H,7-8,14H2,1H3,(H,16,18). The minimum atomic E-state index is -0.260. The normalized spacial score (nSPS) is 12.1. The number of nitrogens with zero attached hydrogens (tertiary/aromatic N) is 2. The lowest BCUT2D eigenvalue weighted by Crippen LogP contribution is -2.31. The van der Waals surface area contributed by atoms with Crippen molar-refractivity contribution in [1.29, 1.82) is 0 Å². The summed E-state index contributed by atoms with van der Waals surface area (Å²) in [5.41, 5.74) is 6.58. The van der Waals surface area contributed by atoms with Gasteiger partial charge in [-0.15, -0.1) is 0 Å². The van der Waals surface area contributed by atoms with E-state index in [1.165, 1.54) is 0 Å². The van der Waals surface area contributed by atoms with Crippen molar-refractivity contribution >= 4 is 5.91 Å². The van der Waals surface area contributed by atoms with Crippen molar-refractivity contribution in [2.24, 2.45) is 11.7 Å². The number of nitrogens with two attached hydrogens (primary N) is 1. The van der Waals surface area contributed by atoms with Crippen LogP contribution in [0.2, 0.25) is 0 Å². The van der Waals surface area contributed by atoms with Gasteiger partial charge < -0.3 is 15.6 Å². The first-order chi connectivity index (χ1) is 9.20. The van der Waals surface area contributed by atoms with E-state index in [1.807, 2.05) is 6.92 Å². The number of aromatic nitrogens is 2. The first-order valence-electron chi connectivity index (χ1n) is 6.06. The van der Waals surface area contributed by atoms with Gasteiger partial charge in [-0.1, -0.05) is 12.1 Å². The van der Waals surface area contributed by atoms with Gasteiger partial charge in [-0.05, 0) is 24.6 Å². The van der Waals surface area contributed by atoms with E-state index < -0.39 is 0 Å². The summed E-state index contributed by atoms with van der Waals surface area (Å²) in [6, 6.07) is 5.19. The molecule has 2 rings (SSSR count). The van der Waals surface area contributed by atoms with Gasteiger partial charge in [-0.25, -0.2) is 0 Å². The van der Waals surface area contributed by atoms with Crippen LogP contribution in [0.25, 0.3) is 11.3 Å². The second-order valence-corrected chi connectivity index (χ2v) is 4.36. The highest BCUT2D eigenvalue weighted by Crippen LogP contribution is 2.18. The third kappa shape index (κ3) is 3.38.